The van der Waals surface area contributed by atoms with Gasteiger partial charge in [0.25, 0.3) is 5.91 Å². The lowest BCUT2D eigenvalue weighted by molar-refractivity contribution is -0.139. The van der Waals surface area contributed by atoms with E-state index in [1.54, 1.807) is 11.8 Å². The smallest absolute Gasteiger partial charge is 0.263 e. The molecule has 2 heterocycles. The van der Waals surface area contributed by atoms with Gasteiger partial charge >= 0.3 is 0 Å². The van der Waals surface area contributed by atoms with Gasteiger partial charge in [-0.3, -0.25) is 14.3 Å². The summed E-state index contributed by atoms with van der Waals surface area (Å²) in [5, 5.41) is 1.04. The minimum atomic E-state index is -2.04. The van der Waals surface area contributed by atoms with E-state index in [1.807, 2.05) is 30.5 Å². The van der Waals surface area contributed by atoms with Gasteiger partial charge in [-0.05, 0) is 80.0 Å². The van der Waals surface area contributed by atoms with Crippen LogP contribution in [-0.2, 0) is 16.1 Å². The van der Waals surface area contributed by atoms with Crippen molar-refractivity contribution in [2.45, 2.75) is 39.7 Å². The number of benzene rings is 2. The largest absolute Gasteiger partial charge is 0.481 e. The number of ether oxygens (including phenoxy) is 1. The van der Waals surface area contributed by atoms with Crippen LogP contribution < -0.4 is 9.46 Å². The molecule has 1 aliphatic rings. The molecular formula is C26H31N3O4S. The number of fused-ring (bicyclic) bond motifs is 1. The first-order valence-corrected chi connectivity index (χ1v) is 12.7. The fraction of sp³-hybridized carbons (Fsp3) is 0.385. The van der Waals surface area contributed by atoms with Gasteiger partial charge in [0.15, 0.2) is 6.10 Å². The number of nitrogens with zero attached hydrogens (tertiary/aromatic N) is 2. The van der Waals surface area contributed by atoms with Crippen LogP contribution in [0.15, 0.2) is 48.7 Å². The Morgan fingerprint density at radius 2 is 2.03 bits per heavy atom. The Labute approximate surface area is 202 Å². The van der Waals surface area contributed by atoms with Gasteiger partial charge in [0.05, 0.1) is 5.52 Å². The molecule has 0 bridgehead atoms. The molecule has 4 rings (SSSR count). The summed E-state index contributed by atoms with van der Waals surface area (Å²) in [5.41, 5.74) is 5.59. The Morgan fingerprint density at radius 3 is 2.76 bits per heavy atom. The van der Waals surface area contributed by atoms with Crippen LogP contribution in [0.4, 0.5) is 0 Å². The van der Waals surface area contributed by atoms with Crippen molar-refractivity contribution in [3.63, 3.8) is 0 Å². The number of aryl methyl sites for hydroxylation is 2. The predicted molar refractivity (Wildman–Crippen MR) is 135 cm³/mol. The van der Waals surface area contributed by atoms with Gasteiger partial charge in [0.2, 0.25) is 11.3 Å². The second-order valence-corrected chi connectivity index (χ2v) is 9.74. The number of carbonyl (C=O) groups excluding carboxylic acids is 1. The molecule has 0 aliphatic carbocycles. The Bertz CT molecular complexity index is 1200. The molecular weight excluding hydrogens is 450 g/mol. The fourth-order valence-corrected chi connectivity index (χ4v) is 5.17. The van der Waals surface area contributed by atoms with Crippen LogP contribution in [0.1, 0.15) is 30.9 Å². The van der Waals surface area contributed by atoms with Gasteiger partial charge in [-0.25, -0.2) is 8.93 Å². The van der Waals surface area contributed by atoms with Gasteiger partial charge in [-0.1, -0.05) is 18.2 Å². The molecule has 0 saturated carbocycles. The van der Waals surface area contributed by atoms with Gasteiger partial charge < -0.3 is 9.64 Å². The van der Waals surface area contributed by atoms with Crippen molar-refractivity contribution in [3.8, 4) is 16.9 Å². The zero-order valence-corrected chi connectivity index (χ0v) is 20.6. The number of piperidine rings is 1. The fourth-order valence-electron chi connectivity index (χ4n) is 4.79. The quantitative estimate of drug-likeness (QED) is 0.492. The molecule has 1 fully saturated rings. The molecule has 8 heteroatoms. The van der Waals surface area contributed by atoms with Crippen LogP contribution in [0.5, 0.6) is 5.75 Å². The first-order valence-electron chi connectivity index (χ1n) is 11.6. The van der Waals surface area contributed by atoms with Crippen molar-refractivity contribution in [3.05, 3.63) is 59.8 Å². The summed E-state index contributed by atoms with van der Waals surface area (Å²) in [4.78, 5) is 19.4. The summed E-state index contributed by atoms with van der Waals surface area (Å²) in [7, 11) is 0. The molecule has 1 amide bonds. The van der Waals surface area contributed by atoms with E-state index in [-0.39, 0.29) is 11.8 Å². The highest BCUT2D eigenvalue weighted by atomic mass is 32.2. The molecule has 2 N–H and O–H groups in total. The Kier molecular flexibility index (Phi) is 7.60. The van der Waals surface area contributed by atoms with Crippen molar-refractivity contribution in [1.82, 2.24) is 14.6 Å². The minimum Gasteiger partial charge on any atom is -0.481 e. The highest BCUT2D eigenvalue weighted by Gasteiger charge is 2.28. The molecule has 0 radical (unpaired) electrons. The molecule has 3 atom stereocenters. The SMILES string of the molecule is Cc1cccc(C)c1-c1ccnc2cc(O[C@H](C)C(=O)N3CCC[C@H](CNS(=O)O)C3)ccc12. The second-order valence-electron chi connectivity index (χ2n) is 8.95. The maximum atomic E-state index is 13.0. The van der Waals surface area contributed by atoms with Gasteiger partial charge in [-0.15, -0.1) is 0 Å². The van der Waals surface area contributed by atoms with Crippen LogP contribution in [0, 0.1) is 19.8 Å². The molecule has 34 heavy (non-hydrogen) atoms. The monoisotopic (exact) mass is 481 g/mol. The van der Waals surface area contributed by atoms with E-state index in [9.17, 15) is 9.00 Å². The van der Waals surface area contributed by atoms with Crippen molar-refractivity contribution < 1.29 is 18.3 Å². The third-order valence-electron chi connectivity index (χ3n) is 6.45. The van der Waals surface area contributed by atoms with Gasteiger partial charge in [0, 0.05) is 37.3 Å². The number of carbonyl (C=O) groups is 1. The Hall–Kier alpha value is -2.81. The van der Waals surface area contributed by atoms with Crippen LogP contribution in [0.3, 0.4) is 0 Å². The molecule has 7 nitrogen and oxygen atoms in total. The first-order chi connectivity index (χ1) is 16.3. The number of amides is 1. The summed E-state index contributed by atoms with van der Waals surface area (Å²) in [5.74, 6) is 0.673. The zero-order chi connectivity index (χ0) is 24.2. The lowest BCUT2D eigenvalue weighted by Crippen LogP contribution is -2.47. The van der Waals surface area contributed by atoms with E-state index in [2.05, 4.69) is 41.8 Å². The van der Waals surface area contributed by atoms with Crippen LogP contribution >= 0.6 is 0 Å². The van der Waals surface area contributed by atoms with E-state index in [0.717, 1.165) is 29.3 Å². The topological polar surface area (TPSA) is 91.8 Å². The van der Waals surface area contributed by atoms with Gasteiger partial charge in [-0.2, -0.15) is 0 Å². The molecule has 1 aromatic heterocycles. The number of likely N-dealkylation sites (tertiary alicyclic amines) is 1. The molecule has 1 unspecified atom stereocenters. The van der Waals surface area contributed by atoms with Crippen molar-refractivity contribution >= 4 is 28.1 Å². The third kappa shape index (κ3) is 5.46. The van der Waals surface area contributed by atoms with E-state index in [0.29, 0.717) is 25.4 Å². The Morgan fingerprint density at radius 1 is 1.26 bits per heavy atom. The number of hydrogen-bond acceptors (Lipinski definition) is 4. The molecule has 3 aromatic rings. The standard InChI is InChI=1S/C26H31N3O4S/c1-17-6-4-7-18(2)25(17)23-11-12-27-24-14-21(9-10-22(23)24)33-19(3)26(30)29-13-5-8-20(16-29)15-28-34(31)32/h4,6-7,9-12,14,19-20,28H,5,8,13,15-16H2,1-3H3,(H,31,32)/t19-,20-/m1/s1. The number of pyridine rings is 1. The molecule has 0 spiro atoms. The molecule has 180 valence electrons. The molecule has 2 aromatic carbocycles. The van der Waals surface area contributed by atoms with Crippen LogP contribution in [-0.4, -0.2) is 50.3 Å². The average Bonchev–Trinajstić information content (AvgIpc) is 2.82. The number of rotatable bonds is 7. The van der Waals surface area contributed by atoms with E-state index in [1.165, 1.54) is 16.7 Å². The summed E-state index contributed by atoms with van der Waals surface area (Å²) < 4.78 is 28.4. The van der Waals surface area contributed by atoms with Crippen molar-refractivity contribution in [1.29, 1.82) is 0 Å². The van der Waals surface area contributed by atoms with E-state index in [4.69, 9.17) is 9.29 Å². The molecule has 1 saturated heterocycles. The first kappa shape index (κ1) is 24.3. The number of aromatic nitrogens is 1. The Balaban J connectivity index is 1.49. The zero-order valence-electron chi connectivity index (χ0n) is 19.8. The third-order valence-corrected chi connectivity index (χ3v) is 6.87. The van der Waals surface area contributed by atoms with Crippen molar-refractivity contribution in [2.24, 2.45) is 5.92 Å². The second kappa shape index (κ2) is 10.6. The lowest BCUT2D eigenvalue weighted by atomic mass is 9.93. The lowest BCUT2D eigenvalue weighted by Gasteiger charge is -2.34. The van der Waals surface area contributed by atoms with E-state index >= 15 is 0 Å². The summed E-state index contributed by atoms with van der Waals surface area (Å²) >= 11 is -2.04. The van der Waals surface area contributed by atoms with Crippen LogP contribution in [0.2, 0.25) is 0 Å². The predicted octanol–water partition coefficient (Wildman–Crippen LogP) is 4.25. The highest BCUT2D eigenvalue weighted by molar-refractivity contribution is 7.77. The highest BCUT2D eigenvalue weighted by Crippen LogP contribution is 2.34. The average molecular weight is 482 g/mol. The minimum absolute atomic E-state index is 0.0767. The van der Waals surface area contributed by atoms with E-state index < -0.39 is 17.4 Å². The summed E-state index contributed by atoms with van der Waals surface area (Å²) in [6.07, 6.45) is 2.95. The van der Waals surface area contributed by atoms with Crippen LogP contribution in [0.25, 0.3) is 22.0 Å². The molecule has 1 aliphatic heterocycles. The number of nitrogens with one attached hydrogen (secondary N) is 1. The maximum absolute atomic E-state index is 13.0. The summed E-state index contributed by atoms with van der Waals surface area (Å²) in [6.45, 7) is 7.62. The number of hydrogen-bond donors (Lipinski definition) is 2. The summed E-state index contributed by atoms with van der Waals surface area (Å²) in [6, 6.07) is 14.1. The normalized spacial score (nSPS) is 18.0. The van der Waals surface area contributed by atoms with Gasteiger partial charge in [0.1, 0.15) is 5.75 Å². The van der Waals surface area contributed by atoms with Crippen molar-refractivity contribution in [2.75, 3.05) is 19.6 Å². The maximum Gasteiger partial charge on any atom is 0.263 e.